The summed E-state index contributed by atoms with van der Waals surface area (Å²) in [4.78, 5) is 0. The monoisotopic (exact) mass is 158 g/mol. The van der Waals surface area contributed by atoms with Crippen LogP contribution in [0.4, 0.5) is 0 Å². The fourth-order valence-corrected chi connectivity index (χ4v) is 1.82. The lowest BCUT2D eigenvalue weighted by atomic mass is 9.85. The molecule has 0 aliphatic heterocycles. The smallest absolute Gasteiger partial charge is 0.0409 e. The molecule has 0 heteroatoms. The van der Waals surface area contributed by atoms with Crippen LogP contribution in [0.3, 0.4) is 0 Å². The topological polar surface area (TPSA) is 0 Å². The minimum atomic E-state index is 0. The Morgan fingerprint density at radius 1 is 0.727 bits per heavy atom. The van der Waals surface area contributed by atoms with E-state index in [1.807, 2.05) is 27.7 Å². The summed E-state index contributed by atoms with van der Waals surface area (Å²) in [6.45, 7) is 8.00. The van der Waals surface area contributed by atoms with E-state index in [-0.39, 0.29) is 7.43 Å². The summed E-state index contributed by atoms with van der Waals surface area (Å²) in [5.41, 5.74) is 0. The third-order valence-corrected chi connectivity index (χ3v) is 2.32. The van der Waals surface area contributed by atoms with Gasteiger partial charge in [0, 0.05) is 0 Å². The highest BCUT2D eigenvalue weighted by Gasteiger charge is 2.35. The van der Waals surface area contributed by atoms with Crippen LogP contribution in [0.25, 0.3) is 0 Å². The molecule has 0 aromatic carbocycles. The normalized spacial score (nSPS) is 29.5. The maximum atomic E-state index is 2.00. The van der Waals surface area contributed by atoms with Crippen molar-refractivity contribution in [1.82, 2.24) is 0 Å². The van der Waals surface area contributed by atoms with Gasteiger partial charge in [-0.25, -0.2) is 0 Å². The molecule has 0 radical (unpaired) electrons. The van der Waals surface area contributed by atoms with Gasteiger partial charge in [0.2, 0.25) is 0 Å². The predicted molar refractivity (Wildman–Crippen MR) is 54.9 cm³/mol. The van der Waals surface area contributed by atoms with Gasteiger partial charge in [-0.1, -0.05) is 48.0 Å². The van der Waals surface area contributed by atoms with Crippen molar-refractivity contribution in [2.45, 2.75) is 60.8 Å². The Balaban J connectivity index is 0. The summed E-state index contributed by atoms with van der Waals surface area (Å²) in [5, 5.41) is 0. The highest BCUT2D eigenvalue weighted by molar-refractivity contribution is 4.87. The molecular formula is C11H26. The molecule has 3 aliphatic carbocycles. The molecule has 0 unspecified atom stereocenters. The van der Waals surface area contributed by atoms with Crippen LogP contribution in [0.2, 0.25) is 0 Å². The first-order valence-electron chi connectivity index (χ1n) is 4.95. The van der Waals surface area contributed by atoms with Crippen LogP contribution in [0, 0.1) is 11.8 Å². The number of hydrogen-bond donors (Lipinski definition) is 0. The molecule has 70 valence electrons. The van der Waals surface area contributed by atoms with Crippen LogP contribution in [-0.2, 0) is 0 Å². The van der Waals surface area contributed by atoms with Gasteiger partial charge in [-0.05, 0) is 24.7 Å². The van der Waals surface area contributed by atoms with Gasteiger partial charge in [0.15, 0.2) is 0 Å². The lowest BCUT2D eigenvalue weighted by Crippen LogP contribution is -2.09. The average molecular weight is 158 g/mol. The van der Waals surface area contributed by atoms with Crippen molar-refractivity contribution >= 4 is 0 Å². The van der Waals surface area contributed by atoms with Gasteiger partial charge < -0.3 is 0 Å². The molecule has 0 nitrogen and oxygen atoms in total. The van der Waals surface area contributed by atoms with Crippen LogP contribution in [0.15, 0.2) is 0 Å². The molecule has 0 atom stereocenters. The summed E-state index contributed by atoms with van der Waals surface area (Å²) < 4.78 is 0. The Kier molecular flexibility index (Phi) is 10.0. The van der Waals surface area contributed by atoms with Crippen molar-refractivity contribution in [3.8, 4) is 0 Å². The van der Waals surface area contributed by atoms with E-state index in [9.17, 15) is 0 Å². The van der Waals surface area contributed by atoms with Crippen molar-refractivity contribution in [1.29, 1.82) is 0 Å². The lowest BCUT2D eigenvalue weighted by molar-refractivity contribution is 0.304. The highest BCUT2D eigenvalue weighted by atomic mass is 14.4. The Labute approximate surface area is 73.4 Å². The van der Waals surface area contributed by atoms with Gasteiger partial charge in [-0.3, -0.25) is 0 Å². The molecule has 0 spiro atoms. The summed E-state index contributed by atoms with van der Waals surface area (Å²) >= 11 is 0. The Morgan fingerprint density at radius 2 is 1.00 bits per heavy atom. The second-order valence-corrected chi connectivity index (χ2v) is 2.78. The molecule has 2 bridgehead atoms. The summed E-state index contributed by atoms with van der Waals surface area (Å²) in [5.74, 6) is 2.38. The Bertz CT molecular complexity index is 46.9. The molecule has 3 fully saturated rings. The van der Waals surface area contributed by atoms with E-state index in [2.05, 4.69) is 0 Å². The zero-order chi connectivity index (χ0) is 7.98. The first-order chi connectivity index (χ1) is 4.95. The minimum Gasteiger partial charge on any atom is -0.0776 e. The molecule has 0 N–H and O–H groups in total. The molecule has 0 saturated heterocycles. The van der Waals surface area contributed by atoms with E-state index in [0.717, 1.165) is 0 Å². The van der Waals surface area contributed by atoms with Crippen molar-refractivity contribution in [2.75, 3.05) is 0 Å². The molecule has 3 aliphatic rings. The molecule has 0 amide bonds. The van der Waals surface area contributed by atoms with E-state index in [1.165, 1.54) is 11.8 Å². The van der Waals surface area contributed by atoms with Gasteiger partial charge in [-0.15, -0.1) is 0 Å². The molecule has 0 aromatic heterocycles. The molecular weight excluding hydrogens is 132 g/mol. The van der Waals surface area contributed by atoms with E-state index in [4.69, 9.17) is 0 Å². The van der Waals surface area contributed by atoms with Crippen LogP contribution >= 0.6 is 0 Å². The average Bonchev–Trinajstić information content (AvgIpc) is 2.54. The fourth-order valence-electron chi connectivity index (χ4n) is 1.82. The van der Waals surface area contributed by atoms with E-state index in [0.29, 0.717) is 0 Å². The number of fused-ring (bicyclic) bond motifs is 1. The van der Waals surface area contributed by atoms with E-state index in [1.54, 1.807) is 25.7 Å². The number of hydrogen-bond acceptors (Lipinski definition) is 0. The van der Waals surface area contributed by atoms with E-state index < -0.39 is 0 Å². The molecule has 0 aromatic rings. The second kappa shape index (κ2) is 8.10. The van der Waals surface area contributed by atoms with Gasteiger partial charge in [0.25, 0.3) is 0 Å². The second-order valence-electron chi connectivity index (χ2n) is 2.78. The molecule has 3 rings (SSSR count). The van der Waals surface area contributed by atoms with Gasteiger partial charge >= 0.3 is 0 Å². The summed E-state index contributed by atoms with van der Waals surface area (Å²) in [6.07, 6.45) is 6.29. The lowest BCUT2D eigenvalue weighted by Gasteiger charge is -2.21. The molecule has 3 saturated carbocycles. The SMILES string of the molecule is C.C1CC2CC1C2.CC.CC. The molecule has 0 heterocycles. The third kappa shape index (κ3) is 3.79. The zero-order valence-corrected chi connectivity index (χ0v) is 7.98. The standard InChI is InChI=1S/C6H10.2C2H6.CH4/c1-2-6-3-5(1)4-6;2*1-2;/h5-6H,1-4H2;2*1-2H3;1H4. The van der Waals surface area contributed by atoms with Gasteiger partial charge in [-0.2, -0.15) is 0 Å². The van der Waals surface area contributed by atoms with Gasteiger partial charge in [0.1, 0.15) is 0 Å². The zero-order valence-electron chi connectivity index (χ0n) is 7.98. The van der Waals surface area contributed by atoms with Crippen LogP contribution in [0.1, 0.15) is 60.8 Å². The van der Waals surface area contributed by atoms with Crippen molar-refractivity contribution in [2.24, 2.45) is 11.8 Å². The Morgan fingerprint density at radius 3 is 1.09 bits per heavy atom. The maximum Gasteiger partial charge on any atom is -0.0409 e. The van der Waals surface area contributed by atoms with Crippen LogP contribution in [0.5, 0.6) is 0 Å². The fraction of sp³-hybridized carbons (Fsp3) is 1.00. The van der Waals surface area contributed by atoms with E-state index >= 15 is 0 Å². The van der Waals surface area contributed by atoms with Crippen molar-refractivity contribution in [3.63, 3.8) is 0 Å². The first-order valence-corrected chi connectivity index (χ1v) is 4.95. The first kappa shape index (κ1) is 13.6. The highest BCUT2D eigenvalue weighted by Crippen LogP contribution is 2.47. The Hall–Kier alpha value is 0. The quantitative estimate of drug-likeness (QED) is 0.487. The van der Waals surface area contributed by atoms with Crippen molar-refractivity contribution < 1.29 is 0 Å². The minimum absolute atomic E-state index is 0. The maximum absolute atomic E-state index is 2.00. The van der Waals surface area contributed by atoms with Crippen LogP contribution in [-0.4, -0.2) is 0 Å². The largest absolute Gasteiger partial charge is 0.0776 e. The van der Waals surface area contributed by atoms with Crippen LogP contribution < -0.4 is 0 Å². The number of rotatable bonds is 0. The predicted octanol–water partition coefficient (Wildman–Crippen LogP) is 4.49. The van der Waals surface area contributed by atoms with Gasteiger partial charge in [0.05, 0.1) is 0 Å². The summed E-state index contributed by atoms with van der Waals surface area (Å²) in [7, 11) is 0. The third-order valence-electron chi connectivity index (χ3n) is 2.32. The molecule has 11 heavy (non-hydrogen) atoms. The van der Waals surface area contributed by atoms with Crippen molar-refractivity contribution in [3.05, 3.63) is 0 Å². The summed E-state index contributed by atoms with van der Waals surface area (Å²) in [6, 6.07) is 0.